The fraction of sp³-hybridized carbons (Fsp3) is 0.296. The van der Waals surface area contributed by atoms with Crippen LogP contribution in [0.1, 0.15) is 69.2 Å². The van der Waals surface area contributed by atoms with E-state index in [0.29, 0.717) is 11.8 Å². The van der Waals surface area contributed by atoms with Gasteiger partial charge in [-0.2, -0.15) is 0 Å². The van der Waals surface area contributed by atoms with E-state index in [1.54, 1.807) is 0 Å². The SMILES string of the molecule is CC(C)c1cccc(C(C)C)c1-n1cc[n+]([C@H](C)c2cccc3ccccc23)c1. The summed E-state index contributed by atoms with van der Waals surface area (Å²) >= 11 is 0. The second kappa shape index (κ2) is 7.87. The molecule has 1 heterocycles. The summed E-state index contributed by atoms with van der Waals surface area (Å²) in [6.45, 7) is 11.4. The van der Waals surface area contributed by atoms with Crippen LogP contribution in [0.25, 0.3) is 16.5 Å². The third-order valence-corrected chi connectivity index (χ3v) is 5.98. The predicted molar refractivity (Wildman–Crippen MR) is 122 cm³/mol. The molecular formula is C27H31N2+. The van der Waals surface area contributed by atoms with Crippen molar-refractivity contribution in [3.05, 3.63) is 96.1 Å². The molecule has 0 N–H and O–H groups in total. The molecule has 0 aliphatic rings. The van der Waals surface area contributed by atoms with Gasteiger partial charge >= 0.3 is 0 Å². The number of benzene rings is 3. The second-order valence-electron chi connectivity index (χ2n) is 8.61. The minimum atomic E-state index is 0.260. The summed E-state index contributed by atoms with van der Waals surface area (Å²) in [5, 5.41) is 2.62. The van der Waals surface area contributed by atoms with Gasteiger partial charge in [0.05, 0.1) is 0 Å². The highest BCUT2D eigenvalue weighted by Gasteiger charge is 2.22. The molecule has 0 radical (unpaired) electrons. The monoisotopic (exact) mass is 383 g/mol. The lowest BCUT2D eigenvalue weighted by molar-refractivity contribution is -0.709. The average molecular weight is 384 g/mol. The van der Waals surface area contributed by atoms with Gasteiger partial charge in [0.1, 0.15) is 24.1 Å². The van der Waals surface area contributed by atoms with Gasteiger partial charge in [0.2, 0.25) is 6.33 Å². The van der Waals surface area contributed by atoms with Gasteiger partial charge in [0.15, 0.2) is 0 Å². The van der Waals surface area contributed by atoms with E-state index >= 15 is 0 Å². The molecule has 4 aromatic rings. The van der Waals surface area contributed by atoms with Gasteiger partial charge < -0.3 is 0 Å². The quantitative estimate of drug-likeness (QED) is 0.336. The molecule has 0 unspecified atom stereocenters. The van der Waals surface area contributed by atoms with Crippen LogP contribution in [0.4, 0.5) is 0 Å². The molecule has 0 saturated heterocycles. The van der Waals surface area contributed by atoms with Crippen LogP contribution >= 0.6 is 0 Å². The topological polar surface area (TPSA) is 8.81 Å². The van der Waals surface area contributed by atoms with Crippen molar-refractivity contribution in [3.63, 3.8) is 0 Å². The molecule has 0 saturated carbocycles. The summed E-state index contributed by atoms with van der Waals surface area (Å²) in [6, 6.07) is 22.2. The van der Waals surface area contributed by atoms with Gasteiger partial charge in [0.25, 0.3) is 0 Å². The molecule has 29 heavy (non-hydrogen) atoms. The number of hydrogen-bond acceptors (Lipinski definition) is 0. The lowest BCUT2D eigenvalue weighted by Gasteiger charge is -2.16. The summed E-state index contributed by atoms with van der Waals surface area (Å²) < 4.78 is 4.63. The molecule has 0 spiro atoms. The number of imidazole rings is 1. The standard InChI is InChI=1S/C27H31N2/c1-19(2)23-13-9-14-24(20(3)4)27(23)29-17-16-28(18-29)21(5)25-15-8-11-22-10-6-7-12-26(22)25/h6-21H,1-5H3/q+1/t21-/m1/s1. The Balaban J connectivity index is 1.80. The molecule has 0 bridgehead atoms. The average Bonchev–Trinajstić information content (AvgIpc) is 3.22. The Kier molecular flexibility index (Phi) is 5.27. The van der Waals surface area contributed by atoms with Crippen LogP contribution in [0.3, 0.4) is 0 Å². The number of para-hydroxylation sites is 1. The fourth-order valence-electron chi connectivity index (χ4n) is 4.32. The van der Waals surface area contributed by atoms with Gasteiger partial charge in [-0.25, -0.2) is 9.13 Å². The Morgan fingerprint density at radius 1 is 0.690 bits per heavy atom. The van der Waals surface area contributed by atoms with E-state index in [1.807, 2.05) is 0 Å². The van der Waals surface area contributed by atoms with Crippen molar-refractivity contribution in [2.45, 2.75) is 52.5 Å². The number of fused-ring (bicyclic) bond motifs is 1. The van der Waals surface area contributed by atoms with E-state index in [-0.39, 0.29) is 6.04 Å². The van der Waals surface area contributed by atoms with Crippen LogP contribution < -0.4 is 4.57 Å². The first-order valence-corrected chi connectivity index (χ1v) is 10.7. The molecule has 1 aromatic heterocycles. The number of hydrogen-bond donors (Lipinski definition) is 0. The van der Waals surface area contributed by atoms with E-state index in [9.17, 15) is 0 Å². The first-order chi connectivity index (χ1) is 14.0. The molecule has 1 atom stereocenters. The zero-order valence-electron chi connectivity index (χ0n) is 18.1. The number of rotatable bonds is 5. The Hall–Kier alpha value is -2.87. The fourth-order valence-corrected chi connectivity index (χ4v) is 4.32. The van der Waals surface area contributed by atoms with Crippen LogP contribution in [0.5, 0.6) is 0 Å². The maximum atomic E-state index is 2.32. The largest absolute Gasteiger partial charge is 0.249 e. The van der Waals surface area contributed by atoms with E-state index < -0.39 is 0 Å². The highest BCUT2D eigenvalue weighted by molar-refractivity contribution is 5.85. The summed E-state index contributed by atoms with van der Waals surface area (Å²) in [7, 11) is 0. The summed E-state index contributed by atoms with van der Waals surface area (Å²) in [6.07, 6.45) is 6.65. The van der Waals surface area contributed by atoms with E-state index in [2.05, 4.69) is 123 Å². The molecule has 2 heteroatoms. The van der Waals surface area contributed by atoms with Crippen molar-refractivity contribution < 1.29 is 4.57 Å². The predicted octanol–water partition coefficient (Wildman–Crippen LogP) is 6.77. The zero-order valence-corrected chi connectivity index (χ0v) is 18.1. The smallest absolute Gasteiger partial charge is 0.230 e. The van der Waals surface area contributed by atoms with E-state index in [4.69, 9.17) is 0 Å². The lowest BCUT2D eigenvalue weighted by Crippen LogP contribution is -2.36. The van der Waals surface area contributed by atoms with Gasteiger partial charge in [-0.05, 0) is 29.5 Å². The Bertz CT molecular complexity index is 1100. The Labute approximate surface area is 174 Å². The molecule has 0 fully saturated rings. The molecule has 2 nitrogen and oxygen atoms in total. The van der Waals surface area contributed by atoms with Gasteiger partial charge in [0, 0.05) is 16.7 Å². The summed E-state index contributed by atoms with van der Waals surface area (Å²) in [5.41, 5.74) is 5.49. The van der Waals surface area contributed by atoms with Crippen LogP contribution in [-0.4, -0.2) is 4.57 Å². The Morgan fingerprint density at radius 3 is 1.97 bits per heavy atom. The molecule has 0 aliphatic heterocycles. The zero-order chi connectivity index (χ0) is 20.5. The molecular weight excluding hydrogens is 352 g/mol. The van der Waals surface area contributed by atoms with Gasteiger partial charge in [-0.3, -0.25) is 0 Å². The maximum Gasteiger partial charge on any atom is 0.249 e. The van der Waals surface area contributed by atoms with Gasteiger partial charge in [-0.1, -0.05) is 88.4 Å². The van der Waals surface area contributed by atoms with Crippen LogP contribution in [-0.2, 0) is 0 Å². The molecule has 4 rings (SSSR count). The molecule has 0 amide bonds. The van der Waals surface area contributed by atoms with E-state index in [0.717, 1.165) is 0 Å². The maximum absolute atomic E-state index is 2.32. The van der Waals surface area contributed by atoms with Crippen LogP contribution in [0, 0.1) is 0 Å². The Morgan fingerprint density at radius 2 is 1.28 bits per heavy atom. The minimum absolute atomic E-state index is 0.260. The van der Waals surface area contributed by atoms with Crippen molar-refractivity contribution in [1.29, 1.82) is 0 Å². The summed E-state index contributed by atoms with van der Waals surface area (Å²) in [5.74, 6) is 0.963. The van der Waals surface area contributed by atoms with Crippen molar-refractivity contribution in [3.8, 4) is 5.69 Å². The first kappa shape index (κ1) is 19.4. The third-order valence-electron chi connectivity index (χ3n) is 5.98. The van der Waals surface area contributed by atoms with Crippen molar-refractivity contribution >= 4 is 10.8 Å². The van der Waals surface area contributed by atoms with Crippen molar-refractivity contribution in [2.24, 2.45) is 0 Å². The number of nitrogens with zero attached hydrogens (tertiary/aromatic N) is 2. The summed E-state index contributed by atoms with van der Waals surface area (Å²) in [4.78, 5) is 0. The highest BCUT2D eigenvalue weighted by atomic mass is 15.1. The van der Waals surface area contributed by atoms with Crippen LogP contribution in [0.2, 0.25) is 0 Å². The third kappa shape index (κ3) is 3.60. The van der Waals surface area contributed by atoms with Crippen LogP contribution in [0.15, 0.2) is 79.4 Å². The lowest BCUT2D eigenvalue weighted by atomic mass is 9.92. The molecule has 148 valence electrons. The highest BCUT2D eigenvalue weighted by Crippen LogP contribution is 2.31. The molecule has 0 aliphatic carbocycles. The van der Waals surface area contributed by atoms with Crippen molar-refractivity contribution in [1.82, 2.24) is 4.57 Å². The normalized spacial score (nSPS) is 12.8. The first-order valence-electron chi connectivity index (χ1n) is 10.7. The molecule has 3 aromatic carbocycles. The van der Waals surface area contributed by atoms with Gasteiger partial charge in [-0.15, -0.1) is 0 Å². The second-order valence-corrected chi connectivity index (χ2v) is 8.61. The number of aromatic nitrogens is 2. The van der Waals surface area contributed by atoms with E-state index in [1.165, 1.54) is 33.2 Å². The minimum Gasteiger partial charge on any atom is -0.230 e. The van der Waals surface area contributed by atoms with Crippen molar-refractivity contribution in [2.75, 3.05) is 0 Å².